The van der Waals surface area contributed by atoms with Crippen molar-refractivity contribution in [2.45, 2.75) is 173 Å². The second kappa shape index (κ2) is 38.2. The highest BCUT2D eigenvalue weighted by molar-refractivity contribution is 9.10. The van der Waals surface area contributed by atoms with Crippen LogP contribution in [-0.4, -0.2) is 123 Å². The molecule has 618 valence electrons. The van der Waals surface area contributed by atoms with Crippen LogP contribution < -0.4 is 58.8 Å². The van der Waals surface area contributed by atoms with Crippen molar-refractivity contribution in [3.63, 3.8) is 0 Å². The van der Waals surface area contributed by atoms with Crippen molar-refractivity contribution in [2.24, 2.45) is 5.73 Å². The van der Waals surface area contributed by atoms with Crippen LogP contribution >= 0.6 is 15.9 Å². The standard InChI is InChI=1S/C22H22BrNO7S.C22H23NO7S.C15H17NO5.C11H15NO3.C6H6O3.C5H11NO/c1-12-4-6-16(7-5-12)32(27,28)31-19-13(2)22(26)30-20-17(19)21(25)24(14(3)18(20)23)15-8-10-29-11-9-15;1-13-4-6-17(7-5-13)31(26,27)30-20-15(3)22(25)29-18-12-14(2)23(21(24)19(18)20)16-8-10-28-11-9-16;1-8-7-11-12(13(17)9(2)15(19)21-11)14(18)16(8)10-3-5-20-6-4-10;1-8-6-10(13)7-11(14)12(8)9-2-4-15-5-3-9;1-4-2-5(7)3-6(8)9-4;6-5-1-3-7-4-2-5/h4-7,15H,8-11H2,1-3H3;4-7,12,16H,8-11H2,1-3H3;7,10,17H,3-6H2,1-2H3;6-7,9,13H,2-5H2,1H3;2-3,7H,1H3;5H,1-4,6H2. The van der Waals surface area contributed by atoms with Crippen molar-refractivity contribution < 1.29 is 81.9 Å². The summed E-state index contributed by atoms with van der Waals surface area (Å²) < 4.78 is 116. The highest BCUT2D eigenvalue weighted by Crippen LogP contribution is 2.37. The van der Waals surface area contributed by atoms with E-state index in [1.54, 1.807) is 88.4 Å². The third-order valence-electron chi connectivity index (χ3n) is 20.2. The smallest absolute Gasteiger partial charge is 0.343 e. The number of aryl methyl sites for hydroxylation is 6. The fourth-order valence-corrected chi connectivity index (χ4v) is 16.4. The Morgan fingerprint density at radius 3 is 1.17 bits per heavy atom. The number of aromatic nitrogens is 4. The van der Waals surface area contributed by atoms with E-state index in [-0.39, 0.29) is 123 Å². The molecule has 5 aliphatic rings. The first-order valence-corrected chi connectivity index (χ1v) is 41.0. The Kier molecular flexibility index (Phi) is 29.0. The van der Waals surface area contributed by atoms with Gasteiger partial charge in [-0.05, 0) is 180 Å². The molecular formula is C81H94BrN5O26S2. The van der Waals surface area contributed by atoms with Gasteiger partial charge in [-0.2, -0.15) is 16.8 Å². The Morgan fingerprint density at radius 1 is 0.409 bits per heavy atom. The van der Waals surface area contributed by atoms with Crippen molar-refractivity contribution in [3.8, 4) is 28.7 Å². The quantitative estimate of drug-likeness (QED) is 0.0924. The zero-order valence-corrected chi connectivity index (χ0v) is 68.6. The molecule has 0 amide bonds. The van der Waals surface area contributed by atoms with E-state index < -0.39 is 53.9 Å². The Hall–Kier alpha value is -10.0. The molecule has 5 N–H and O–H groups in total. The maximum Gasteiger partial charge on any atom is 0.343 e. The van der Waals surface area contributed by atoms with Gasteiger partial charge < -0.3 is 89.0 Å². The average molecular weight is 1700 g/mol. The molecule has 0 atom stereocenters. The Morgan fingerprint density at radius 2 is 0.765 bits per heavy atom. The highest BCUT2D eigenvalue weighted by Gasteiger charge is 2.32. The van der Waals surface area contributed by atoms with Gasteiger partial charge in [0.15, 0.2) is 17.1 Å². The maximum atomic E-state index is 13.6. The average Bonchev–Trinajstić information content (AvgIpc) is 0.732. The van der Waals surface area contributed by atoms with Gasteiger partial charge in [-0.1, -0.05) is 35.4 Å². The second-order valence-electron chi connectivity index (χ2n) is 28.6. The molecule has 15 rings (SSSR count). The molecule has 0 saturated carbocycles. The number of halogens is 1. The molecule has 10 aromatic rings. The van der Waals surface area contributed by atoms with Gasteiger partial charge in [-0.15, -0.1) is 0 Å². The summed E-state index contributed by atoms with van der Waals surface area (Å²) in [7, 11) is -8.58. The molecule has 5 saturated heterocycles. The van der Waals surface area contributed by atoms with Gasteiger partial charge in [0.25, 0.3) is 22.2 Å². The van der Waals surface area contributed by atoms with Crippen LogP contribution in [0.1, 0.15) is 145 Å². The lowest BCUT2D eigenvalue weighted by Crippen LogP contribution is -2.32. The summed E-state index contributed by atoms with van der Waals surface area (Å²) in [6.45, 7) is 23.0. The minimum Gasteiger partial charge on any atom is -0.508 e. The Bertz CT molecular complexity index is 5930. The first-order valence-electron chi connectivity index (χ1n) is 37.4. The van der Waals surface area contributed by atoms with Crippen molar-refractivity contribution >= 4 is 69.1 Å². The van der Waals surface area contributed by atoms with Crippen molar-refractivity contribution in [3.05, 3.63) is 229 Å². The SMILES string of the molecule is Cc1c(O)c2c(=O)n(C3CCOCC3)c(C)cc2oc1=O.Cc1cc(O)cc(=O)n1C1CCOCC1.Cc1cc(O)cc(=O)o1.Cc1ccc(S(=O)(=O)Oc2c(C)c(=O)oc3c(Br)c(C)n(C4CCOCC4)c(=O)c23)cc1.Cc1ccc(S(=O)(=O)Oc2c(C)c(=O)oc3cc(C)n(C4CCOCC4)c(=O)c23)cc1.NC1CCOCC1. The third kappa shape index (κ3) is 20.8. The molecule has 8 aromatic heterocycles. The summed E-state index contributed by atoms with van der Waals surface area (Å²) in [6, 6.07) is 21.1. The van der Waals surface area contributed by atoms with Gasteiger partial charge >= 0.3 is 42.7 Å². The molecule has 2 aromatic carbocycles. The van der Waals surface area contributed by atoms with E-state index in [1.165, 1.54) is 57.2 Å². The number of nitrogens with two attached hydrogens (primary N) is 1. The number of benzene rings is 2. The van der Waals surface area contributed by atoms with Gasteiger partial charge in [-0.25, -0.2) is 19.2 Å². The lowest BCUT2D eigenvalue weighted by Gasteiger charge is -2.27. The van der Waals surface area contributed by atoms with Crippen LogP contribution in [0, 0.1) is 69.2 Å². The van der Waals surface area contributed by atoms with E-state index in [0.717, 1.165) is 74.6 Å². The lowest BCUT2D eigenvalue weighted by atomic mass is 10.1. The van der Waals surface area contributed by atoms with Gasteiger partial charge in [0.1, 0.15) is 60.1 Å². The normalized spacial score (nSPS) is 16.0. The molecule has 13 heterocycles. The van der Waals surface area contributed by atoms with E-state index in [1.807, 2.05) is 20.8 Å². The van der Waals surface area contributed by atoms with E-state index in [9.17, 15) is 65.4 Å². The van der Waals surface area contributed by atoms with Crippen LogP contribution in [0.15, 0.2) is 155 Å². The van der Waals surface area contributed by atoms with Crippen LogP contribution in [0.25, 0.3) is 32.9 Å². The number of hydrogen-bond acceptors (Lipinski definition) is 27. The zero-order chi connectivity index (χ0) is 83.5. The van der Waals surface area contributed by atoms with E-state index in [2.05, 4.69) is 20.3 Å². The maximum absolute atomic E-state index is 13.6. The Labute approximate surface area is 668 Å². The first kappa shape index (κ1) is 87.3. The first-order chi connectivity index (χ1) is 54.6. The molecule has 5 fully saturated rings. The van der Waals surface area contributed by atoms with Crippen LogP contribution in [0.2, 0.25) is 0 Å². The number of nitrogens with zero attached hydrogens (tertiary/aromatic N) is 4. The van der Waals surface area contributed by atoms with Crippen molar-refractivity contribution in [1.82, 2.24) is 18.3 Å². The van der Waals surface area contributed by atoms with Gasteiger partial charge in [0, 0.05) is 143 Å². The molecule has 115 heavy (non-hydrogen) atoms. The van der Waals surface area contributed by atoms with Crippen molar-refractivity contribution in [1.29, 1.82) is 0 Å². The zero-order valence-electron chi connectivity index (χ0n) is 65.4. The van der Waals surface area contributed by atoms with Crippen LogP contribution in [-0.2, 0) is 43.9 Å². The predicted octanol–water partition coefficient (Wildman–Crippen LogP) is 10.4. The molecule has 0 aliphatic carbocycles. The highest BCUT2D eigenvalue weighted by atomic mass is 79.9. The number of ether oxygens (including phenoxy) is 5. The summed E-state index contributed by atoms with van der Waals surface area (Å²) in [5, 5.41) is 28.1. The van der Waals surface area contributed by atoms with E-state index in [4.69, 9.17) is 56.1 Å². The van der Waals surface area contributed by atoms with Crippen LogP contribution in [0.3, 0.4) is 0 Å². The van der Waals surface area contributed by atoms with Gasteiger partial charge in [0.2, 0.25) is 0 Å². The molecule has 0 spiro atoms. The third-order valence-corrected chi connectivity index (χ3v) is 23.6. The largest absolute Gasteiger partial charge is 0.508 e. The summed E-state index contributed by atoms with van der Waals surface area (Å²) in [5.41, 5.74) is 5.94. The lowest BCUT2D eigenvalue weighted by molar-refractivity contribution is 0.0680. The summed E-state index contributed by atoms with van der Waals surface area (Å²) in [4.78, 5) is 98.3. The second-order valence-corrected chi connectivity index (χ2v) is 32.4. The van der Waals surface area contributed by atoms with Crippen LogP contribution in [0.5, 0.6) is 28.7 Å². The molecule has 0 radical (unpaired) electrons. The monoisotopic (exact) mass is 1700 g/mol. The summed E-state index contributed by atoms with van der Waals surface area (Å²) >= 11 is 3.43. The van der Waals surface area contributed by atoms with Gasteiger partial charge in [-0.3, -0.25) is 19.2 Å². The minimum absolute atomic E-state index is 0.00415. The summed E-state index contributed by atoms with van der Waals surface area (Å²) in [6.07, 6.45) is 7.89. The predicted molar refractivity (Wildman–Crippen MR) is 429 cm³/mol. The number of rotatable bonds is 10. The number of pyridine rings is 4. The molecule has 0 unspecified atom stereocenters. The number of hydrogen-bond donors (Lipinski definition) is 4. The van der Waals surface area contributed by atoms with Crippen molar-refractivity contribution in [2.75, 3.05) is 66.1 Å². The topological polar surface area (TPSA) is 428 Å². The van der Waals surface area contributed by atoms with Crippen LogP contribution in [0.4, 0.5) is 0 Å². The fraction of sp³-hybridized carbons (Fsp3) is 0.432. The molecule has 5 aliphatic heterocycles. The minimum atomic E-state index is -4.30. The van der Waals surface area contributed by atoms with Gasteiger partial charge in [0.05, 0.1) is 27.2 Å². The summed E-state index contributed by atoms with van der Waals surface area (Å²) in [5.74, 6) is -0.488. The molecule has 0 bridgehead atoms. The van der Waals surface area contributed by atoms with E-state index >= 15 is 0 Å². The van der Waals surface area contributed by atoms with E-state index in [0.29, 0.717) is 112 Å². The molecule has 31 nitrogen and oxygen atoms in total. The fourth-order valence-electron chi connectivity index (χ4n) is 14.0. The Balaban J connectivity index is 0.000000156. The molecular weight excluding hydrogens is 1600 g/mol. The number of fused-ring (bicyclic) bond motifs is 3. The molecule has 34 heteroatoms. The number of aromatic hydroxyl groups is 3.